The van der Waals surface area contributed by atoms with Gasteiger partial charge in [0.15, 0.2) is 6.61 Å². The molecule has 1 aromatic heterocycles. The lowest BCUT2D eigenvalue weighted by Gasteiger charge is -2.10. The largest absolute Gasteiger partial charge is 0.454 e. The highest BCUT2D eigenvalue weighted by molar-refractivity contribution is 6.42. The van der Waals surface area contributed by atoms with Crippen molar-refractivity contribution in [2.24, 2.45) is 0 Å². The fraction of sp³-hybridized carbons (Fsp3) is 0.143. The van der Waals surface area contributed by atoms with Gasteiger partial charge in [0.2, 0.25) is 0 Å². The first kappa shape index (κ1) is 19.0. The number of ether oxygens (including phenoxy) is 1. The molecule has 2 aromatic rings. The molecule has 8 nitrogen and oxygen atoms in total. The Balaban J connectivity index is 1.93. The van der Waals surface area contributed by atoms with E-state index in [0.29, 0.717) is 5.02 Å². The topological polar surface area (TPSA) is 110 Å². The third-order valence-electron chi connectivity index (χ3n) is 2.83. The molecule has 11 heteroatoms. The van der Waals surface area contributed by atoms with Crippen LogP contribution >= 0.6 is 34.8 Å². The summed E-state index contributed by atoms with van der Waals surface area (Å²) in [5.74, 6) is -1.54. The van der Waals surface area contributed by atoms with Gasteiger partial charge < -0.3 is 10.1 Å². The summed E-state index contributed by atoms with van der Waals surface area (Å²) in [6.45, 7) is -1.09. The van der Waals surface area contributed by atoms with Crippen molar-refractivity contribution in [1.29, 1.82) is 0 Å². The van der Waals surface area contributed by atoms with Crippen molar-refractivity contribution in [1.82, 2.24) is 9.55 Å². The standard InChI is InChI=1S/C14H10Cl3N3O5/c15-7-3-8(16)13(9(17)4-7)18-11(22)6-25-12(23)5-20-2-1-10(21)19-14(20)24/h1-4H,5-6H2,(H,18,22)(H,19,21,24). The van der Waals surface area contributed by atoms with Gasteiger partial charge in [-0.05, 0) is 12.1 Å². The summed E-state index contributed by atoms with van der Waals surface area (Å²) in [7, 11) is 0. The summed E-state index contributed by atoms with van der Waals surface area (Å²) in [6.07, 6.45) is 1.13. The summed E-state index contributed by atoms with van der Waals surface area (Å²) in [4.78, 5) is 47.8. The van der Waals surface area contributed by atoms with Gasteiger partial charge in [-0.3, -0.25) is 23.9 Å². The smallest absolute Gasteiger partial charge is 0.328 e. The fourth-order valence-electron chi connectivity index (χ4n) is 1.74. The van der Waals surface area contributed by atoms with Crippen LogP contribution in [0.3, 0.4) is 0 Å². The molecule has 0 aliphatic carbocycles. The zero-order chi connectivity index (χ0) is 18.6. The number of nitrogens with one attached hydrogen (secondary N) is 2. The number of H-pyrrole nitrogens is 1. The maximum atomic E-state index is 11.8. The van der Waals surface area contributed by atoms with E-state index < -0.39 is 36.3 Å². The van der Waals surface area contributed by atoms with Gasteiger partial charge in [-0.2, -0.15) is 0 Å². The van der Waals surface area contributed by atoms with Crippen LogP contribution in [0.2, 0.25) is 15.1 Å². The molecule has 2 N–H and O–H groups in total. The molecule has 0 spiro atoms. The quantitative estimate of drug-likeness (QED) is 0.734. The first-order chi connectivity index (χ1) is 11.8. The Morgan fingerprint density at radius 1 is 1.16 bits per heavy atom. The SMILES string of the molecule is O=C(COC(=O)Cn1ccc(=O)[nH]c1=O)Nc1c(Cl)cc(Cl)cc1Cl. The molecule has 0 saturated carbocycles. The van der Waals surface area contributed by atoms with Crippen LogP contribution in [-0.4, -0.2) is 28.0 Å². The molecule has 0 unspecified atom stereocenters. The number of anilines is 1. The average molecular weight is 407 g/mol. The van der Waals surface area contributed by atoms with Gasteiger partial charge in [-0.15, -0.1) is 0 Å². The average Bonchev–Trinajstić information content (AvgIpc) is 2.51. The molecule has 0 aliphatic heterocycles. The van der Waals surface area contributed by atoms with Gasteiger partial charge >= 0.3 is 11.7 Å². The minimum Gasteiger partial charge on any atom is -0.454 e. The highest BCUT2D eigenvalue weighted by Gasteiger charge is 2.14. The second kappa shape index (κ2) is 8.19. The van der Waals surface area contributed by atoms with Gasteiger partial charge in [-0.25, -0.2) is 4.79 Å². The van der Waals surface area contributed by atoms with Crippen LogP contribution in [0.1, 0.15) is 0 Å². The number of carbonyl (C=O) groups excluding carboxylic acids is 2. The predicted molar refractivity (Wildman–Crippen MR) is 92.4 cm³/mol. The van der Waals surface area contributed by atoms with E-state index in [0.717, 1.165) is 16.8 Å². The van der Waals surface area contributed by atoms with Crippen LogP contribution in [0.25, 0.3) is 0 Å². The number of halogens is 3. The molecular formula is C14H10Cl3N3O5. The van der Waals surface area contributed by atoms with Crippen LogP contribution in [0.5, 0.6) is 0 Å². The fourth-order valence-corrected chi connectivity index (χ4v) is 2.65. The monoisotopic (exact) mass is 405 g/mol. The van der Waals surface area contributed by atoms with Crippen molar-refractivity contribution >= 4 is 52.4 Å². The molecule has 2 rings (SSSR count). The van der Waals surface area contributed by atoms with Crippen LogP contribution < -0.4 is 16.6 Å². The van der Waals surface area contributed by atoms with E-state index in [1.807, 2.05) is 4.98 Å². The van der Waals surface area contributed by atoms with E-state index in [1.54, 1.807) is 0 Å². The van der Waals surface area contributed by atoms with Crippen LogP contribution in [0.4, 0.5) is 5.69 Å². The molecule has 0 saturated heterocycles. The Labute approximate surface area is 155 Å². The number of benzene rings is 1. The van der Waals surface area contributed by atoms with Crippen molar-refractivity contribution in [3.8, 4) is 0 Å². The number of aromatic amines is 1. The van der Waals surface area contributed by atoms with E-state index in [-0.39, 0.29) is 15.7 Å². The molecule has 25 heavy (non-hydrogen) atoms. The van der Waals surface area contributed by atoms with Crippen molar-refractivity contribution < 1.29 is 14.3 Å². The third-order valence-corrected chi connectivity index (χ3v) is 3.65. The third kappa shape index (κ3) is 5.35. The highest BCUT2D eigenvalue weighted by atomic mass is 35.5. The van der Waals surface area contributed by atoms with Gasteiger partial charge in [0.05, 0.1) is 15.7 Å². The molecule has 0 fully saturated rings. The molecule has 0 atom stereocenters. The summed E-state index contributed by atoms with van der Waals surface area (Å²) in [5, 5.41) is 2.93. The maximum absolute atomic E-state index is 11.8. The van der Waals surface area contributed by atoms with E-state index in [2.05, 4.69) is 5.32 Å². The first-order valence-corrected chi connectivity index (χ1v) is 7.79. The molecule has 1 heterocycles. The number of rotatable bonds is 5. The zero-order valence-corrected chi connectivity index (χ0v) is 14.6. The number of hydrogen-bond donors (Lipinski definition) is 2. The Morgan fingerprint density at radius 3 is 2.40 bits per heavy atom. The summed E-state index contributed by atoms with van der Waals surface area (Å²) in [5.41, 5.74) is -1.23. The molecule has 1 aromatic carbocycles. The number of aromatic nitrogens is 2. The minimum absolute atomic E-state index is 0.122. The van der Waals surface area contributed by atoms with Crippen molar-refractivity contribution in [3.05, 3.63) is 60.3 Å². The molecule has 0 radical (unpaired) electrons. The molecule has 1 amide bonds. The maximum Gasteiger partial charge on any atom is 0.328 e. The summed E-state index contributed by atoms with van der Waals surface area (Å²) >= 11 is 17.6. The first-order valence-electron chi connectivity index (χ1n) is 6.66. The lowest BCUT2D eigenvalue weighted by Crippen LogP contribution is -2.32. The highest BCUT2D eigenvalue weighted by Crippen LogP contribution is 2.33. The van der Waals surface area contributed by atoms with Crippen molar-refractivity contribution in [3.63, 3.8) is 0 Å². The van der Waals surface area contributed by atoms with E-state index in [1.165, 1.54) is 12.1 Å². The molecular weight excluding hydrogens is 397 g/mol. The Bertz CT molecular complexity index is 915. The lowest BCUT2D eigenvalue weighted by molar-refractivity contribution is -0.148. The van der Waals surface area contributed by atoms with Crippen LogP contribution in [0.15, 0.2) is 34.0 Å². The number of amides is 1. The lowest BCUT2D eigenvalue weighted by atomic mass is 10.3. The number of hydrogen-bond acceptors (Lipinski definition) is 5. The Kier molecular flexibility index (Phi) is 6.24. The predicted octanol–water partition coefficient (Wildman–Crippen LogP) is 1.68. The van der Waals surface area contributed by atoms with E-state index >= 15 is 0 Å². The van der Waals surface area contributed by atoms with Crippen molar-refractivity contribution in [2.45, 2.75) is 6.54 Å². The van der Waals surface area contributed by atoms with Crippen molar-refractivity contribution in [2.75, 3.05) is 11.9 Å². The summed E-state index contributed by atoms with van der Waals surface area (Å²) in [6, 6.07) is 3.85. The molecule has 0 bridgehead atoms. The second-order valence-corrected chi connectivity index (χ2v) is 5.94. The number of carbonyl (C=O) groups is 2. The Morgan fingerprint density at radius 2 is 1.80 bits per heavy atom. The minimum atomic E-state index is -0.849. The van der Waals surface area contributed by atoms with Gasteiger partial charge in [0.1, 0.15) is 6.54 Å². The van der Waals surface area contributed by atoms with E-state index in [4.69, 9.17) is 39.5 Å². The van der Waals surface area contributed by atoms with Crippen LogP contribution in [-0.2, 0) is 20.9 Å². The van der Waals surface area contributed by atoms with Crippen LogP contribution in [0, 0.1) is 0 Å². The Hall–Kier alpha value is -2.29. The van der Waals surface area contributed by atoms with Gasteiger partial charge in [0.25, 0.3) is 11.5 Å². The molecule has 132 valence electrons. The van der Waals surface area contributed by atoms with Gasteiger partial charge in [-0.1, -0.05) is 34.8 Å². The van der Waals surface area contributed by atoms with E-state index in [9.17, 15) is 19.2 Å². The normalized spacial score (nSPS) is 10.4. The number of nitrogens with zero attached hydrogens (tertiary/aromatic N) is 1. The molecule has 0 aliphatic rings. The number of esters is 1. The second-order valence-electron chi connectivity index (χ2n) is 4.69. The zero-order valence-electron chi connectivity index (χ0n) is 12.3. The van der Waals surface area contributed by atoms with Gasteiger partial charge in [0, 0.05) is 17.3 Å². The summed E-state index contributed by atoms with van der Waals surface area (Å²) < 4.78 is 5.68.